The van der Waals surface area contributed by atoms with Gasteiger partial charge >= 0.3 is 0 Å². The molecular weight excluding hydrogens is 342 g/mol. The van der Waals surface area contributed by atoms with E-state index in [-0.39, 0.29) is 5.60 Å². The Bertz CT molecular complexity index is 768. The summed E-state index contributed by atoms with van der Waals surface area (Å²) in [6.45, 7) is 7.74. The van der Waals surface area contributed by atoms with E-state index in [1.165, 1.54) is 28.1 Å². The van der Waals surface area contributed by atoms with Crippen molar-refractivity contribution in [2.24, 2.45) is 5.92 Å². The van der Waals surface area contributed by atoms with Crippen LogP contribution in [0.15, 0.2) is 18.2 Å². The summed E-state index contributed by atoms with van der Waals surface area (Å²) in [4.78, 5) is 7.43. The number of hydrogen-bond acceptors (Lipinski definition) is 5. The molecule has 2 aromatic rings. The number of ether oxygens (including phenoxy) is 1. The summed E-state index contributed by atoms with van der Waals surface area (Å²) in [5.74, 6) is 1.16. The zero-order valence-electron chi connectivity index (χ0n) is 16.4. The Morgan fingerprint density at radius 1 is 1.31 bits per heavy atom. The highest BCUT2D eigenvalue weighted by Crippen LogP contribution is 2.41. The van der Waals surface area contributed by atoms with E-state index in [1.54, 1.807) is 0 Å². The molecule has 0 bridgehead atoms. The van der Waals surface area contributed by atoms with Crippen LogP contribution in [0.25, 0.3) is 10.2 Å². The summed E-state index contributed by atoms with van der Waals surface area (Å²) >= 11 is 1.85. The Balaban J connectivity index is 1.61. The van der Waals surface area contributed by atoms with Crippen molar-refractivity contribution in [3.05, 3.63) is 28.8 Å². The summed E-state index contributed by atoms with van der Waals surface area (Å²) in [7, 11) is 4.02. The number of thiazole rings is 1. The molecule has 2 saturated heterocycles. The van der Waals surface area contributed by atoms with E-state index in [1.807, 2.05) is 18.4 Å². The van der Waals surface area contributed by atoms with Crippen molar-refractivity contribution in [1.29, 1.82) is 0 Å². The number of nitrogens with zero attached hydrogens (tertiary/aromatic N) is 2. The smallest absolute Gasteiger partial charge is 0.0999 e. The van der Waals surface area contributed by atoms with Gasteiger partial charge in [0.1, 0.15) is 0 Å². The SMILES string of the molecule is CO[C@@]1(C)CN(C)CC[C@H]1c1nc2cc([C@H]3CC[C@H](C)CN3)ccc2s1. The minimum absolute atomic E-state index is 0.162. The average Bonchev–Trinajstić information content (AvgIpc) is 3.05. The Morgan fingerprint density at radius 2 is 2.15 bits per heavy atom. The van der Waals surface area contributed by atoms with Gasteiger partial charge in [0.25, 0.3) is 0 Å². The van der Waals surface area contributed by atoms with Crippen LogP contribution >= 0.6 is 11.3 Å². The van der Waals surface area contributed by atoms with Crippen molar-refractivity contribution in [3.8, 4) is 0 Å². The lowest BCUT2D eigenvalue weighted by Gasteiger charge is -2.43. The molecule has 2 aliphatic heterocycles. The summed E-state index contributed by atoms with van der Waals surface area (Å²) in [6.07, 6.45) is 3.63. The quantitative estimate of drug-likeness (QED) is 0.876. The van der Waals surface area contributed by atoms with Gasteiger partial charge in [-0.05, 0) is 69.9 Å². The van der Waals surface area contributed by atoms with E-state index in [2.05, 4.69) is 49.3 Å². The lowest BCUT2D eigenvalue weighted by atomic mass is 9.83. The first-order valence-corrected chi connectivity index (χ1v) is 10.7. The predicted molar refractivity (Wildman–Crippen MR) is 109 cm³/mol. The highest BCUT2D eigenvalue weighted by Gasteiger charge is 2.41. The highest BCUT2D eigenvalue weighted by atomic mass is 32.1. The number of rotatable bonds is 3. The third-order valence-electron chi connectivity index (χ3n) is 6.38. The van der Waals surface area contributed by atoms with E-state index in [0.29, 0.717) is 12.0 Å². The molecular formula is C21H31N3OS. The Hall–Kier alpha value is -1.01. The topological polar surface area (TPSA) is 37.4 Å². The standard InChI is InChI=1S/C21H31N3OS/c1-14-5-7-17(22-12-14)15-6-8-19-18(11-15)23-20(26-19)16-9-10-24(3)13-21(16,2)25-4/h6,8,11,14,16-17,22H,5,7,9-10,12-13H2,1-4H3/t14-,16-,17+,21-/m0/s1. The average molecular weight is 374 g/mol. The molecule has 1 aromatic heterocycles. The second-order valence-corrected chi connectivity index (χ2v) is 9.58. The zero-order chi connectivity index (χ0) is 18.3. The first-order valence-electron chi connectivity index (χ1n) is 9.86. The fraction of sp³-hybridized carbons (Fsp3) is 0.667. The Morgan fingerprint density at radius 3 is 2.88 bits per heavy atom. The summed E-state index contributed by atoms with van der Waals surface area (Å²) in [5.41, 5.74) is 2.38. The van der Waals surface area contributed by atoms with Gasteiger partial charge in [-0.25, -0.2) is 4.98 Å². The van der Waals surface area contributed by atoms with Crippen LogP contribution < -0.4 is 5.32 Å². The molecule has 0 spiro atoms. The number of hydrogen-bond donors (Lipinski definition) is 1. The third-order valence-corrected chi connectivity index (χ3v) is 7.53. The number of methoxy groups -OCH3 is 1. The van der Waals surface area contributed by atoms with Gasteiger partial charge in [0.2, 0.25) is 0 Å². The molecule has 4 rings (SSSR count). The summed E-state index contributed by atoms with van der Waals surface area (Å²) in [6, 6.07) is 7.35. The fourth-order valence-electron chi connectivity index (χ4n) is 4.58. The highest BCUT2D eigenvalue weighted by molar-refractivity contribution is 7.18. The maximum absolute atomic E-state index is 5.96. The van der Waals surface area contributed by atoms with Crippen LogP contribution in [-0.2, 0) is 4.74 Å². The van der Waals surface area contributed by atoms with Crippen LogP contribution in [0, 0.1) is 5.92 Å². The molecule has 1 aromatic carbocycles. The molecule has 4 atom stereocenters. The van der Waals surface area contributed by atoms with Gasteiger partial charge in [0, 0.05) is 25.6 Å². The molecule has 2 aliphatic rings. The minimum atomic E-state index is -0.162. The van der Waals surface area contributed by atoms with Crippen LogP contribution in [0.2, 0.25) is 0 Å². The second-order valence-electron chi connectivity index (χ2n) is 8.52. The van der Waals surface area contributed by atoms with E-state index in [9.17, 15) is 0 Å². The van der Waals surface area contributed by atoms with Crippen LogP contribution in [-0.4, -0.2) is 49.3 Å². The first kappa shape index (κ1) is 18.4. The van der Waals surface area contributed by atoms with E-state index in [0.717, 1.165) is 37.5 Å². The van der Waals surface area contributed by atoms with Gasteiger partial charge in [0.15, 0.2) is 0 Å². The van der Waals surface area contributed by atoms with Gasteiger partial charge in [-0.2, -0.15) is 0 Å². The number of likely N-dealkylation sites (tertiary alicyclic amines) is 1. The van der Waals surface area contributed by atoms with E-state index < -0.39 is 0 Å². The van der Waals surface area contributed by atoms with Gasteiger partial charge in [-0.15, -0.1) is 11.3 Å². The van der Waals surface area contributed by atoms with Gasteiger partial charge in [-0.1, -0.05) is 13.0 Å². The van der Waals surface area contributed by atoms with Gasteiger partial charge in [-0.3, -0.25) is 0 Å². The monoisotopic (exact) mass is 373 g/mol. The van der Waals surface area contributed by atoms with Crippen molar-refractivity contribution < 1.29 is 4.74 Å². The molecule has 0 saturated carbocycles. The van der Waals surface area contributed by atoms with Crippen molar-refractivity contribution >= 4 is 21.6 Å². The molecule has 5 heteroatoms. The van der Waals surface area contributed by atoms with Crippen molar-refractivity contribution in [3.63, 3.8) is 0 Å². The fourth-order valence-corrected chi connectivity index (χ4v) is 5.81. The predicted octanol–water partition coefficient (Wildman–Crippen LogP) is 4.18. The zero-order valence-corrected chi connectivity index (χ0v) is 17.2. The lowest BCUT2D eigenvalue weighted by Crippen LogP contribution is -2.50. The molecule has 0 amide bonds. The van der Waals surface area contributed by atoms with Gasteiger partial charge < -0.3 is 15.0 Å². The lowest BCUT2D eigenvalue weighted by molar-refractivity contribution is -0.0614. The van der Waals surface area contributed by atoms with Crippen LogP contribution in [0.3, 0.4) is 0 Å². The number of likely N-dealkylation sites (N-methyl/N-ethyl adjacent to an activating group) is 1. The number of fused-ring (bicyclic) bond motifs is 1. The largest absolute Gasteiger partial charge is 0.376 e. The van der Waals surface area contributed by atoms with Crippen LogP contribution in [0.1, 0.15) is 55.6 Å². The molecule has 4 nitrogen and oxygen atoms in total. The van der Waals surface area contributed by atoms with E-state index >= 15 is 0 Å². The Labute approximate surface area is 160 Å². The first-order chi connectivity index (χ1) is 12.5. The molecule has 2 fully saturated rings. The van der Waals surface area contributed by atoms with Crippen LogP contribution in [0.4, 0.5) is 0 Å². The summed E-state index contributed by atoms with van der Waals surface area (Å²) < 4.78 is 7.25. The maximum Gasteiger partial charge on any atom is 0.0999 e. The normalized spacial score (nSPS) is 33.6. The molecule has 0 radical (unpaired) electrons. The third kappa shape index (κ3) is 3.42. The molecule has 26 heavy (non-hydrogen) atoms. The second kappa shape index (κ2) is 7.19. The maximum atomic E-state index is 5.96. The number of benzene rings is 1. The molecule has 0 unspecified atom stereocenters. The summed E-state index contributed by atoms with van der Waals surface area (Å²) in [5, 5.41) is 4.93. The number of nitrogens with one attached hydrogen (secondary N) is 1. The van der Waals surface area contributed by atoms with Crippen molar-refractivity contribution in [2.45, 2.75) is 50.7 Å². The van der Waals surface area contributed by atoms with Crippen molar-refractivity contribution in [1.82, 2.24) is 15.2 Å². The molecule has 0 aliphatic carbocycles. The van der Waals surface area contributed by atoms with Crippen LogP contribution in [0.5, 0.6) is 0 Å². The number of piperidine rings is 2. The van der Waals surface area contributed by atoms with E-state index in [4.69, 9.17) is 9.72 Å². The minimum Gasteiger partial charge on any atom is -0.376 e. The number of aromatic nitrogens is 1. The molecule has 142 valence electrons. The van der Waals surface area contributed by atoms with Gasteiger partial charge in [0.05, 0.1) is 20.8 Å². The Kier molecular flexibility index (Phi) is 5.08. The molecule has 3 heterocycles. The molecule has 1 N–H and O–H groups in total. The van der Waals surface area contributed by atoms with Crippen molar-refractivity contribution in [2.75, 3.05) is 33.8 Å².